The SMILES string of the molecule is CC1CN(C)CCC1NS(=O)(=O)CCCCO. The Morgan fingerprint density at radius 1 is 1.41 bits per heavy atom. The summed E-state index contributed by atoms with van der Waals surface area (Å²) in [5.74, 6) is 0.466. The van der Waals surface area contributed by atoms with Crippen LogP contribution < -0.4 is 4.72 Å². The van der Waals surface area contributed by atoms with E-state index in [1.54, 1.807) is 0 Å². The lowest BCUT2D eigenvalue weighted by Gasteiger charge is -2.34. The highest BCUT2D eigenvalue weighted by Crippen LogP contribution is 2.16. The zero-order chi connectivity index (χ0) is 12.9. The lowest BCUT2D eigenvalue weighted by molar-refractivity contribution is 0.188. The molecule has 1 aliphatic rings. The van der Waals surface area contributed by atoms with Gasteiger partial charge < -0.3 is 10.0 Å². The van der Waals surface area contributed by atoms with Gasteiger partial charge in [-0.2, -0.15) is 0 Å². The largest absolute Gasteiger partial charge is 0.396 e. The minimum atomic E-state index is -3.18. The fourth-order valence-corrected chi connectivity index (χ4v) is 3.74. The second kappa shape index (κ2) is 6.68. The highest BCUT2D eigenvalue weighted by atomic mass is 32.2. The molecule has 0 aromatic rings. The maximum absolute atomic E-state index is 11.8. The third-order valence-electron chi connectivity index (χ3n) is 3.26. The van der Waals surface area contributed by atoms with E-state index in [9.17, 15) is 8.42 Å². The van der Waals surface area contributed by atoms with Gasteiger partial charge >= 0.3 is 0 Å². The molecule has 102 valence electrons. The van der Waals surface area contributed by atoms with Crippen LogP contribution in [0.15, 0.2) is 0 Å². The molecular formula is C11H24N2O3S. The van der Waals surface area contributed by atoms with Crippen molar-refractivity contribution in [2.24, 2.45) is 5.92 Å². The summed E-state index contributed by atoms with van der Waals surface area (Å²) in [5.41, 5.74) is 0. The summed E-state index contributed by atoms with van der Waals surface area (Å²) in [5, 5.41) is 8.63. The van der Waals surface area contributed by atoms with Crippen LogP contribution in [0.1, 0.15) is 26.2 Å². The molecule has 0 amide bonds. The van der Waals surface area contributed by atoms with Gasteiger partial charge in [-0.15, -0.1) is 0 Å². The van der Waals surface area contributed by atoms with E-state index >= 15 is 0 Å². The lowest BCUT2D eigenvalue weighted by atomic mass is 9.95. The van der Waals surface area contributed by atoms with E-state index in [0.717, 1.165) is 19.5 Å². The first-order valence-corrected chi connectivity index (χ1v) is 7.89. The molecule has 5 nitrogen and oxygen atoms in total. The van der Waals surface area contributed by atoms with Gasteiger partial charge in [0.15, 0.2) is 0 Å². The summed E-state index contributed by atoms with van der Waals surface area (Å²) in [6, 6.07) is 0.0605. The molecule has 1 heterocycles. The first kappa shape index (κ1) is 14.9. The molecule has 0 spiro atoms. The molecule has 0 radical (unpaired) electrons. The van der Waals surface area contributed by atoms with Crippen LogP contribution in [0.3, 0.4) is 0 Å². The predicted octanol–water partition coefficient (Wildman–Crippen LogP) is 0.0185. The summed E-state index contributed by atoms with van der Waals surface area (Å²) in [4.78, 5) is 2.22. The van der Waals surface area contributed by atoms with Gasteiger partial charge in [0.25, 0.3) is 0 Å². The van der Waals surface area contributed by atoms with E-state index in [-0.39, 0.29) is 18.4 Å². The Kier molecular flexibility index (Phi) is 5.85. The minimum Gasteiger partial charge on any atom is -0.396 e. The monoisotopic (exact) mass is 264 g/mol. The molecule has 1 aliphatic heterocycles. The summed E-state index contributed by atoms with van der Waals surface area (Å²) in [7, 11) is -1.13. The Hall–Kier alpha value is -0.170. The van der Waals surface area contributed by atoms with Crippen LogP contribution in [0.2, 0.25) is 0 Å². The molecule has 2 atom stereocenters. The van der Waals surface area contributed by atoms with Crippen molar-refractivity contribution in [2.45, 2.75) is 32.2 Å². The number of aliphatic hydroxyl groups is 1. The van der Waals surface area contributed by atoms with Crippen molar-refractivity contribution in [1.29, 1.82) is 0 Å². The normalized spacial score (nSPS) is 27.2. The Morgan fingerprint density at radius 3 is 2.71 bits per heavy atom. The number of aliphatic hydroxyl groups excluding tert-OH is 1. The quantitative estimate of drug-likeness (QED) is 0.664. The zero-order valence-corrected chi connectivity index (χ0v) is 11.5. The summed E-state index contributed by atoms with van der Waals surface area (Å²) < 4.78 is 26.4. The van der Waals surface area contributed by atoms with Gasteiger partial charge in [-0.05, 0) is 38.8 Å². The summed E-state index contributed by atoms with van der Waals surface area (Å²) in [6.07, 6.45) is 1.94. The van der Waals surface area contributed by atoms with Gasteiger partial charge in [0.05, 0.1) is 5.75 Å². The Balaban J connectivity index is 2.41. The van der Waals surface area contributed by atoms with Crippen molar-refractivity contribution in [3.63, 3.8) is 0 Å². The van der Waals surface area contributed by atoms with E-state index in [4.69, 9.17) is 5.11 Å². The van der Waals surface area contributed by atoms with E-state index in [1.165, 1.54) is 0 Å². The maximum Gasteiger partial charge on any atom is 0.211 e. The first-order valence-electron chi connectivity index (χ1n) is 6.24. The molecule has 1 rings (SSSR count). The molecule has 1 fully saturated rings. The number of nitrogens with zero attached hydrogens (tertiary/aromatic N) is 1. The molecule has 0 bridgehead atoms. The number of unbranched alkanes of at least 4 members (excludes halogenated alkanes) is 1. The fraction of sp³-hybridized carbons (Fsp3) is 1.00. The van der Waals surface area contributed by atoms with Crippen molar-refractivity contribution in [3.8, 4) is 0 Å². The van der Waals surface area contributed by atoms with Crippen LogP contribution in [0, 0.1) is 5.92 Å². The topological polar surface area (TPSA) is 69.6 Å². The number of nitrogens with one attached hydrogen (secondary N) is 1. The molecular weight excluding hydrogens is 240 g/mol. The molecule has 0 saturated carbocycles. The van der Waals surface area contributed by atoms with Crippen molar-refractivity contribution < 1.29 is 13.5 Å². The third-order valence-corrected chi connectivity index (χ3v) is 4.75. The molecule has 0 aromatic carbocycles. The number of hydrogen-bond donors (Lipinski definition) is 2. The standard InChI is InChI=1S/C11H24N2O3S/c1-10-9-13(2)6-5-11(10)12-17(15,16)8-4-3-7-14/h10-12,14H,3-9H2,1-2H3. The van der Waals surface area contributed by atoms with Gasteiger partial charge in [-0.3, -0.25) is 0 Å². The van der Waals surface area contributed by atoms with Crippen LogP contribution >= 0.6 is 0 Å². The average Bonchev–Trinajstić information content (AvgIpc) is 2.22. The van der Waals surface area contributed by atoms with Crippen LogP contribution in [0.5, 0.6) is 0 Å². The van der Waals surface area contributed by atoms with Crippen molar-refractivity contribution in [1.82, 2.24) is 9.62 Å². The smallest absolute Gasteiger partial charge is 0.211 e. The second-order valence-electron chi connectivity index (χ2n) is 5.00. The van der Waals surface area contributed by atoms with Crippen LogP contribution in [-0.4, -0.2) is 57.0 Å². The average molecular weight is 264 g/mol. The highest BCUT2D eigenvalue weighted by Gasteiger charge is 2.27. The lowest BCUT2D eigenvalue weighted by Crippen LogP contribution is -2.49. The van der Waals surface area contributed by atoms with Crippen molar-refractivity contribution in [3.05, 3.63) is 0 Å². The first-order chi connectivity index (χ1) is 7.94. The summed E-state index contributed by atoms with van der Waals surface area (Å²) in [6.45, 7) is 4.01. The van der Waals surface area contributed by atoms with E-state index in [0.29, 0.717) is 18.8 Å². The number of rotatable bonds is 6. The molecule has 1 saturated heterocycles. The maximum atomic E-state index is 11.8. The Bertz CT molecular complexity index is 319. The van der Waals surface area contributed by atoms with Crippen LogP contribution in [0.25, 0.3) is 0 Å². The molecule has 2 unspecified atom stereocenters. The molecule has 17 heavy (non-hydrogen) atoms. The van der Waals surface area contributed by atoms with Gasteiger partial charge in [0.1, 0.15) is 0 Å². The Labute approximate surface area is 104 Å². The number of hydrogen-bond acceptors (Lipinski definition) is 4. The van der Waals surface area contributed by atoms with Gasteiger partial charge in [-0.25, -0.2) is 13.1 Å². The summed E-state index contributed by atoms with van der Waals surface area (Å²) >= 11 is 0. The molecule has 0 aromatic heterocycles. The van der Waals surface area contributed by atoms with Crippen molar-refractivity contribution in [2.75, 3.05) is 32.5 Å². The molecule has 6 heteroatoms. The Morgan fingerprint density at radius 2 is 2.12 bits per heavy atom. The second-order valence-corrected chi connectivity index (χ2v) is 6.88. The van der Waals surface area contributed by atoms with E-state index < -0.39 is 10.0 Å². The van der Waals surface area contributed by atoms with Crippen LogP contribution in [0.4, 0.5) is 0 Å². The molecule has 0 aliphatic carbocycles. The van der Waals surface area contributed by atoms with E-state index in [2.05, 4.69) is 23.6 Å². The van der Waals surface area contributed by atoms with Gasteiger partial charge in [0.2, 0.25) is 10.0 Å². The highest BCUT2D eigenvalue weighted by molar-refractivity contribution is 7.89. The number of likely N-dealkylation sites (tertiary alicyclic amines) is 1. The van der Waals surface area contributed by atoms with E-state index in [1.807, 2.05) is 0 Å². The fourth-order valence-electron chi connectivity index (χ4n) is 2.22. The minimum absolute atomic E-state index is 0.0557. The van der Waals surface area contributed by atoms with Gasteiger partial charge in [-0.1, -0.05) is 6.92 Å². The number of sulfonamides is 1. The molecule has 2 N–H and O–H groups in total. The van der Waals surface area contributed by atoms with Crippen molar-refractivity contribution >= 4 is 10.0 Å². The van der Waals surface area contributed by atoms with Gasteiger partial charge in [0, 0.05) is 19.2 Å². The zero-order valence-electron chi connectivity index (χ0n) is 10.7. The number of piperidine rings is 1. The van der Waals surface area contributed by atoms with Crippen LogP contribution in [-0.2, 0) is 10.0 Å². The predicted molar refractivity (Wildman–Crippen MR) is 68.3 cm³/mol. The third kappa shape index (κ3) is 5.33.